The van der Waals surface area contributed by atoms with E-state index in [0.29, 0.717) is 0 Å². The summed E-state index contributed by atoms with van der Waals surface area (Å²) in [5.41, 5.74) is 5.10. The molecule has 496 valence electrons. The van der Waals surface area contributed by atoms with Gasteiger partial charge in [-0.05, 0) is 168 Å². The van der Waals surface area contributed by atoms with Gasteiger partial charge in [-0.25, -0.2) is 0 Å². The summed E-state index contributed by atoms with van der Waals surface area (Å²) in [5.74, 6) is 9.42. The van der Waals surface area contributed by atoms with Crippen LogP contribution < -0.4 is 0 Å². The predicted octanol–water partition coefficient (Wildman–Crippen LogP) is 28.9. The van der Waals surface area contributed by atoms with Crippen LogP contribution in [0, 0.1) is 47.3 Å². The summed E-state index contributed by atoms with van der Waals surface area (Å²) in [6.07, 6.45) is 39.8. The van der Waals surface area contributed by atoms with Gasteiger partial charge in [-0.3, -0.25) is 0 Å². The summed E-state index contributed by atoms with van der Waals surface area (Å²) in [4.78, 5) is 0. The highest BCUT2D eigenvalue weighted by molar-refractivity contribution is 5.82. The Bertz CT molecular complexity index is 2700. The molecule has 0 nitrogen and oxygen atoms in total. The first kappa shape index (κ1) is 74.1. The molecule has 10 aromatic rings. The summed E-state index contributed by atoms with van der Waals surface area (Å²) in [6.45, 7) is 8.50. The Hall–Kier alpha value is -7.28. The third-order valence-corrected chi connectivity index (χ3v) is 19.4. The molecule has 0 heterocycles. The van der Waals surface area contributed by atoms with Crippen molar-refractivity contribution in [3.8, 4) is 22.3 Å². The van der Waals surface area contributed by atoms with Crippen LogP contribution in [0.15, 0.2) is 291 Å². The minimum absolute atomic E-state index is 1.18. The van der Waals surface area contributed by atoms with E-state index in [1.165, 1.54) is 181 Å². The largest absolute Gasteiger partial charge is 0.0656 e. The van der Waals surface area contributed by atoms with E-state index in [4.69, 9.17) is 0 Å². The number of benzene rings is 10. The van der Waals surface area contributed by atoms with Crippen molar-refractivity contribution in [2.45, 2.75) is 195 Å². The van der Waals surface area contributed by atoms with Gasteiger partial charge >= 0.3 is 0 Å². The van der Waals surface area contributed by atoms with E-state index in [2.05, 4.69) is 222 Å². The van der Waals surface area contributed by atoms with Crippen LogP contribution in [0.4, 0.5) is 0 Å². The molecule has 0 unspecified atom stereocenters. The molecule has 10 saturated carbocycles. The molecular weight excluding hydrogens is 1130 g/mol. The maximum atomic E-state index is 2.12. The Morgan fingerprint density at radius 2 is 0.255 bits per heavy atom. The Morgan fingerprint density at radius 1 is 0.160 bits per heavy atom. The molecule has 0 saturated heterocycles. The first-order valence-electron chi connectivity index (χ1n) is 37.6. The van der Waals surface area contributed by atoms with E-state index in [1.807, 2.05) is 97.1 Å². The standard InChI is InChI=1S/2C12H10.2C10H16.2C10H8.2C6H12.2C6H6.2C3H8/c2*1-3-7-11(8-4-1)12-9-5-2-6-10-12;2*1-7-2-9-4-8(1)5-10(3-7)6-9;2*1-2-6-10-8-4-3-7-9(10)5-1;4*1-2-4-6-5-3-1;2*1-3-2/h2*1-10H;2*7-10H,1-6H2;2*1-8H;2*1-6H2;2*1-6H;2*3H2,1-2H3. The van der Waals surface area contributed by atoms with Crippen molar-refractivity contribution in [1.29, 1.82) is 0 Å². The molecule has 20 rings (SSSR count). The summed E-state index contributed by atoms with van der Waals surface area (Å²) >= 11 is 0. The van der Waals surface area contributed by atoms with Crippen LogP contribution in [0.1, 0.15) is 195 Å². The average molecular weight is 1250 g/mol. The van der Waals surface area contributed by atoms with Crippen LogP contribution >= 0.6 is 0 Å². The first-order chi connectivity index (χ1) is 46.5. The molecule has 0 N–H and O–H groups in total. The van der Waals surface area contributed by atoms with Crippen LogP contribution in [0.2, 0.25) is 0 Å². The Morgan fingerprint density at radius 3 is 0.372 bits per heavy atom. The molecule has 0 radical (unpaired) electrons. The van der Waals surface area contributed by atoms with Crippen molar-refractivity contribution in [3.05, 3.63) is 291 Å². The molecule has 0 amide bonds. The lowest BCUT2D eigenvalue weighted by Crippen LogP contribution is -2.38. The lowest BCUT2D eigenvalue weighted by atomic mass is 9.56. The van der Waals surface area contributed by atoms with Crippen molar-refractivity contribution >= 4 is 21.5 Å². The first-order valence-corrected chi connectivity index (χ1v) is 37.6. The normalized spacial score (nSPS) is 21.3. The third-order valence-electron chi connectivity index (χ3n) is 19.4. The van der Waals surface area contributed by atoms with Crippen molar-refractivity contribution < 1.29 is 0 Å². The highest BCUT2D eigenvalue weighted by Gasteiger charge is 2.42. The molecular formula is C94H120. The van der Waals surface area contributed by atoms with Gasteiger partial charge in [0.05, 0.1) is 0 Å². The zero-order chi connectivity index (χ0) is 65.6. The monoisotopic (exact) mass is 1250 g/mol. The number of fused-ring (bicyclic) bond motifs is 2. The zero-order valence-electron chi connectivity index (χ0n) is 58.7. The van der Waals surface area contributed by atoms with E-state index in [-0.39, 0.29) is 0 Å². The predicted molar refractivity (Wildman–Crippen MR) is 415 cm³/mol. The fourth-order valence-corrected chi connectivity index (χ4v) is 15.6. The molecule has 8 bridgehead atoms. The number of hydrogen-bond acceptors (Lipinski definition) is 0. The Labute approximate surface area is 573 Å². The SMILES string of the molecule is C1C2CC3CC1CC(C2)C3.C1C2CC3CC1CC(C2)C3.C1CCCCC1.C1CCCCC1.CCC.CCC.c1ccc(-c2ccccc2)cc1.c1ccc(-c2ccccc2)cc1.c1ccc2ccccc2c1.c1ccc2ccccc2c1.c1ccccc1.c1ccccc1. The summed E-state index contributed by atoms with van der Waals surface area (Å²) in [6, 6.07) is 99.0. The van der Waals surface area contributed by atoms with Gasteiger partial charge in [0, 0.05) is 0 Å². The number of rotatable bonds is 2. The van der Waals surface area contributed by atoms with Gasteiger partial charge in [0.2, 0.25) is 0 Å². The van der Waals surface area contributed by atoms with Crippen LogP contribution in [-0.2, 0) is 0 Å². The van der Waals surface area contributed by atoms with E-state index in [0.717, 1.165) is 0 Å². The van der Waals surface area contributed by atoms with Crippen LogP contribution in [0.5, 0.6) is 0 Å². The second kappa shape index (κ2) is 46.7. The van der Waals surface area contributed by atoms with E-state index in [1.54, 1.807) is 77.0 Å². The second-order valence-electron chi connectivity index (χ2n) is 27.9. The van der Waals surface area contributed by atoms with Crippen molar-refractivity contribution in [2.24, 2.45) is 47.3 Å². The molecule has 0 spiro atoms. The summed E-state index contributed by atoms with van der Waals surface area (Å²) in [7, 11) is 0. The molecule has 10 aliphatic rings. The lowest BCUT2D eigenvalue weighted by Gasteiger charge is -2.49. The highest BCUT2D eigenvalue weighted by Crippen LogP contribution is 2.54. The smallest absolute Gasteiger partial charge is 0.0184 e. The van der Waals surface area contributed by atoms with Crippen molar-refractivity contribution in [3.63, 3.8) is 0 Å². The molecule has 0 aliphatic heterocycles. The van der Waals surface area contributed by atoms with Gasteiger partial charge in [0.25, 0.3) is 0 Å². The summed E-state index contributed by atoms with van der Waals surface area (Å²) in [5, 5.41) is 5.24. The van der Waals surface area contributed by atoms with E-state index >= 15 is 0 Å². The summed E-state index contributed by atoms with van der Waals surface area (Å²) < 4.78 is 0. The van der Waals surface area contributed by atoms with Crippen molar-refractivity contribution in [1.82, 2.24) is 0 Å². The molecule has 0 aromatic heterocycles. The van der Waals surface area contributed by atoms with Crippen LogP contribution in [0.3, 0.4) is 0 Å². The van der Waals surface area contributed by atoms with Gasteiger partial charge in [-0.2, -0.15) is 0 Å². The highest BCUT2D eigenvalue weighted by atomic mass is 14.5. The van der Waals surface area contributed by atoms with Crippen LogP contribution in [0.25, 0.3) is 43.8 Å². The quantitative estimate of drug-likeness (QED) is 0.162. The third kappa shape index (κ3) is 30.0. The van der Waals surface area contributed by atoms with Crippen molar-refractivity contribution in [2.75, 3.05) is 0 Å². The minimum Gasteiger partial charge on any atom is -0.0656 e. The van der Waals surface area contributed by atoms with Crippen LogP contribution in [-0.4, -0.2) is 0 Å². The maximum Gasteiger partial charge on any atom is -0.0184 e. The molecule has 10 aromatic carbocycles. The molecule has 0 heteroatoms. The second-order valence-corrected chi connectivity index (χ2v) is 27.9. The maximum absolute atomic E-state index is 2.12. The number of hydrogen-bond donors (Lipinski definition) is 0. The topological polar surface area (TPSA) is 0 Å². The molecule has 0 atom stereocenters. The van der Waals surface area contributed by atoms with E-state index < -0.39 is 0 Å². The van der Waals surface area contributed by atoms with Gasteiger partial charge in [0.1, 0.15) is 0 Å². The average Bonchev–Trinajstić information content (AvgIpc) is 0.819. The van der Waals surface area contributed by atoms with Gasteiger partial charge < -0.3 is 0 Å². The molecule has 94 heavy (non-hydrogen) atoms. The minimum atomic E-state index is 1.18. The van der Waals surface area contributed by atoms with Gasteiger partial charge in [-0.15, -0.1) is 0 Å². The zero-order valence-corrected chi connectivity index (χ0v) is 58.7. The Balaban J connectivity index is 0.000000148. The Kier molecular flexibility index (Phi) is 36.9. The molecule has 10 aliphatic carbocycles. The van der Waals surface area contributed by atoms with Gasteiger partial charge in [-0.1, -0.05) is 409 Å². The fourth-order valence-electron chi connectivity index (χ4n) is 15.6. The molecule has 10 fully saturated rings. The van der Waals surface area contributed by atoms with Gasteiger partial charge in [0.15, 0.2) is 0 Å². The lowest BCUT2D eigenvalue weighted by molar-refractivity contribution is 0.0197. The van der Waals surface area contributed by atoms with E-state index in [9.17, 15) is 0 Å². The fraction of sp³-hybridized carbons (Fsp3) is 0.404.